The number of thioether (sulfide) groups is 1. The van der Waals surface area contributed by atoms with Crippen molar-refractivity contribution in [2.45, 2.75) is 37.5 Å². The quantitative estimate of drug-likeness (QED) is 0.780. The van der Waals surface area contributed by atoms with E-state index in [0.29, 0.717) is 0 Å². The molecule has 15 heavy (non-hydrogen) atoms. The molecule has 2 rings (SSSR count). The van der Waals surface area contributed by atoms with E-state index < -0.39 is 0 Å². The Bertz CT molecular complexity index is 373. The van der Waals surface area contributed by atoms with Gasteiger partial charge in [0.15, 0.2) is 0 Å². The van der Waals surface area contributed by atoms with E-state index in [2.05, 4.69) is 16.2 Å². The SMILES string of the molecule is CCn1ncnc1CC1(C#N)CCCS1. The summed E-state index contributed by atoms with van der Waals surface area (Å²) < 4.78 is 1.62. The minimum Gasteiger partial charge on any atom is -0.250 e. The maximum absolute atomic E-state index is 9.25. The molecule has 1 aromatic heterocycles. The van der Waals surface area contributed by atoms with E-state index in [1.54, 1.807) is 18.1 Å². The molecule has 1 fully saturated rings. The molecule has 0 amide bonds. The second kappa shape index (κ2) is 4.23. The minimum absolute atomic E-state index is 0.250. The van der Waals surface area contributed by atoms with Gasteiger partial charge in [0.2, 0.25) is 0 Å². The van der Waals surface area contributed by atoms with E-state index in [4.69, 9.17) is 0 Å². The van der Waals surface area contributed by atoms with E-state index >= 15 is 0 Å². The summed E-state index contributed by atoms with van der Waals surface area (Å²) in [5.74, 6) is 2.03. The van der Waals surface area contributed by atoms with Crippen LogP contribution in [0.15, 0.2) is 6.33 Å². The standard InChI is InChI=1S/C10H14N4S/c1-2-14-9(12-8-13-14)6-10(7-11)4-3-5-15-10/h8H,2-6H2,1H3. The summed E-state index contributed by atoms with van der Waals surface area (Å²) in [5, 5.41) is 13.4. The van der Waals surface area contributed by atoms with Crippen LogP contribution in [0.4, 0.5) is 0 Å². The first-order valence-corrected chi connectivity index (χ1v) is 6.20. The summed E-state index contributed by atoms with van der Waals surface area (Å²) in [6.45, 7) is 2.86. The average Bonchev–Trinajstić information content (AvgIpc) is 2.88. The molecule has 0 aromatic carbocycles. The van der Waals surface area contributed by atoms with Gasteiger partial charge in [0.1, 0.15) is 16.9 Å². The van der Waals surface area contributed by atoms with Crippen molar-refractivity contribution in [2.24, 2.45) is 0 Å². The van der Waals surface area contributed by atoms with E-state index in [-0.39, 0.29) is 4.75 Å². The Hall–Kier alpha value is -1.02. The summed E-state index contributed by atoms with van der Waals surface area (Å²) in [6, 6.07) is 2.45. The predicted octanol–water partition coefficient (Wildman–Crippen LogP) is 1.63. The van der Waals surface area contributed by atoms with Gasteiger partial charge < -0.3 is 0 Å². The third-order valence-electron chi connectivity index (χ3n) is 2.75. The Morgan fingerprint density at radius 3 is 3.20 bits per heavy atom. The second-order valence-electron chi connectivity index (χ2n) is 3.73. The van der Waals surface area contributed by atoms with Crippen LogP contribution < -0.4 is 0 Å². The van der Waals surface area contributed by atoms with Crippen LogP contribution in [0, 0.1) is 11.3 Å². The first kappa shape index (κ1) is 10.5. The molecule has 1 saturated heterocycles. The van der Waals surface area contributed by atoms with Crippen LogP contribution in [-0.4, -0.2) is 25.3 Å². The highest BCUT2D eigenvalue weighted by atomic mass is 32.2. The monoisotopic (exact) mass is 222 g/mol. The molecule has 1 aliphatic heterocycles. The summed E-state index contributed by atoms with van der Waals surface area (Å²) >= 11 is 1.77. The highest BCUT2D eigenvalue weighted by molar-refractivity contribution is 8.01. The number of aryl methyl sites for hydroxylation is 1. The maximum atomic E-state index is 9.25. The number of hydrogen-bond acceptors (Lipinski definition) is 4. The number of rotatable bonds is 3. The van der Waals surface area contributed by atoms with Gasteiger partial charge in [-0.05, 0) is 25.5 Å². The van der Waals surface area contributed by atoms with Crippen LogP contribution in [0.3, 0.4) is 0 Å². The molecule has 0 bridgehead atoms. The maximum Gasteiger partial charge on any atom is 0.138 e. The molecule has 0 saturated carbocycles. The lowest BCUT2D eigenvalue weighted by atomic mass is 10.0. The molecule has 5 heteroatoms. The van der Waals surface area contributed by atoms with Crippen LogP contribution >= 0.6 is 11.8 Å². The lowest BCUT2D eigenvalue weighted by molar-refractivity contribution is 0.573. The fourth-order valence-corrected chi connectivity index (χ4v) is 3.17. The second-order valence-corrected chi connectivity index (χ2v) is 5.21. The summed E-state index contributed by atoms with van der Waals surface area (Å²) in [7, 11) is 0. The molecule has 2 heterocycles. The molecule has 1 unspecified atom stereocenters. The van der Waals surface area contributed by atoms with Gasteiger partial charge in [-0.2, -0.15) is 10.4 Å². The fraction of sp³-hybridized carbons (Fsp3) is 0.700. The van der Waals surface area contributed by atoms with Crippen molar-refractivity contribution in [3.05, 3.63) is 12.2 Å². The number of hydrogen-bond donors (Lipinski definition) is 0. The number of nitriles is 1. The predicted molar refractivity (Wildman–Crippen MR) is 59.4 cm³/mol. The smallest absolute Gasteiger partial charge is 0.138 e. The van der Waals surface area contributed by atoms with Gasteiger partial charge in [-0.1, -0.05) is 0 Å². The Morgan fingerprint density at radius 1 is 1.73 bits per heavy atom. The first-order chi connectivity index (χ1) is 7.29. The van der Waals surface area contributed by atoms with Gasteiger partial charge in [-0.15, -0.1) is 11.8 Å². The molecule has 1 aromatic rings. The van der Waals surface area contributed by atoms with Crippen LogP contribution in [0.1, 0.15) is 25.6 Å². The van der Waals surface area contributed by atoms with Crippen molar-refractivity contribution >= 4 is 11.8 Å². The number of nitrogens with zero attached hydrogens (tertiary/aromatic N) is 4. The van der Waals surface area contributed by atoms with E-state index in [9.17, 15) is 5.26 Å². The average molecular weight is 222 g/mol. The molecular formula is C10H14N4S. The Balaban J connectivity index is 2.17. The van der Waals surface area contributed by atoms with Crippen LogP contribution in [-0.2, 0) is 13.0 Å². The van der Waals surface area contributed by atoms with Gasteiger partial charge in [0.25, 0.3) is 0 Å². The van der Waals surface area contributed by atoms with Gasteiger partial charge in [-0.3, -0.25) is 4.68 Å². The summed E-state index contributed by atoms with van der Waals surface area (Å²) in [4.78, 5) is 4.23. The molecule has 0 N–H and O–H groups in total. The minimum atomic E-state index is -0.250. The van der Waals surface area contributed by atoms with Crippen molar-refractivity contribution in [3.63, 3.8) is 0 Å². The largest absolute Gasteiger partial charge is 0.250 e. The zero-order valence-corrected chi connectivity index (χ0v) is 9.63. The molecular weight excluding hydrogens is 208 g/mol. The molecule has 4 nitrogen and oxygen atoms in total. The molecule has 0 aliphatic carbocycles. The zero-order chi connectivity index (χ0) is 10.7. The molecule has 0 spiro atoms. The van der Waals surface area contributed by atoms with Crippen molar-refractivity contribution in [1.29, 1.82) is 5.26 Å². The van der Waals surface area contributed by atoms with Gasteiger partial charge in [0.05, 0.1) is 6.07 Å². The lowest BCUT2D eigenvalue weighted by Gasteiger charge is -2.18. The Morgan fingerprint density at radius 2 is 2.60 bits per heavy atom. The van der Waals surface area contributed by atoms with Gasteiger partial charge in [0, 0.05) is 13.0 Å². The Kier molecular flexibility index (Phi) is 2.96. The third-order valence-corrected chi connectivity index (χ3v) is 4.23. The normalized spacial score (nSPS) is 25.3. The summed E-state index contributed by atoms with van der Waals surface area (Å²) in [6.07, 6.45) is 4.41. The third kappa shape index (κ3) is 2.00. The van der Waals surface area contributed by atoms with Gasteiger partial charge in [-0.25, -0.2) is 4.98 Å². The molecule has 80 valence electrons. The Labute approximate surface area is 93.7 Å². The molecule has 1 aliphatic rings. The van der Waals surface area contributed by atoms with Crippen molar-refractivity contribution in [2.75, 3.05) is 5.75 Å². The highest BCUT2D eigenvalue weighted by Crippen LogP contribution is 2.39. The van der Waals surface area contributed by atoms with Crippen LogP contribution in [0.5, 0.6) is 0 Å². The van der Waals surface area contributed by atoms with E-state index in [0.717, 1.165) is 37.4 Å². The first-order valence-electron chi connectivity index (χ1n) is 5.21. The zero-order valence-electron chi connectivity index (χ0n) is 8.81. The fourth-order valence-electron chi connectivity index (χ4n) is 1.91. The lowest BCUT2D eigenvalue weighted by Crippen LogP contribution is -2.24. The molecule has 1 atom stereocenters. The van der Waals surface area contributed by atoms with E-state index in [1.165, 1.54) is 0 Å². The van der Waals surface area contributed by atoms with Crippen molar-refractivity contribution in [3.8, 4) is 6.07 Å². The van der Waals surface area contributed by atoms with E-state index in [1.807, 2.05) is 11.6 Å². The highest BCUT2D eigenvalue weighted by Gasteiger charge is 2.36. The number of aromatic nitrogens is 3. The summed E-state index contributed by atoms with van der Waals surface area (Å²) in [5.41, 5.74) is 0. The van der Waals surface area contributed by atoms with Gasteiger partial charge >= 0.3 is 0 Å². The topological polar surface area (TPSA) is 54.5 Å². The van der Waals surface area contributed by atoms with Crippen molar-refractivity contribution in [1.82, 2.24) is 14.8 Å². The molecule has 0 radical (unpaired) electrons. The van der Waals surface area contributed by atoms with Crippen LogP contribution in [0.2, 0.25) is 0 Å². The van der Waals surface area contributed by atoms with Crippen molar-refractivity contribution < 1.29 is 0 Å². The van der Waals surface area contributed by atoms with Crippen LogP contribution in [0.25, 0.3) is 0 Å².